The Bertz CT molecular complexity index is 794. The second kappa shape index (κ2) is 13.0. The van der Waals surface area contributed by atoms with Gasteiger partial charge in [-0.3, -0.25) is 4.79 Å². The third-order valence-corrected chi connectivity index (χ3v) is 5.60. The molecule has 0 aliphatic rings. The van der Waals surface area contributed by atoms with E-state index in [-0.39, 0.29) is 29.9 Å². The number of aliphatic imine (C=N–C) groups is 1. The van der Waals surface area contributed by atoms with Crippen molar-refractivity contribution in [2.24, 2.45) is 4.99 Å². The number of halogens is 1. The van der Waals surface area contributed by atoms with Gasteiger partial charge in [-0.25, -0.2) is 9.98 Å². The predicted octanol–water partition coefficient (Wildman–Crippen LogP) is 3.58. The molecule has 0 saturated heterocycles. The lowest BCUT2D eigenvalue weighted by Gasteiger charge is -2.12. The van der Waals surface area contributed by atoms with Gasteiger partial charge in [-0.2, -0.15) is 0 Å². The van der Waals surface area contributed by atoms with E-state index in [0.717, 1.165) is 18.2 Å². The Kier molecular flexibility index (Phi) is 11.5. The largest absolute Gasteiger partial charge is 0.357 e. The third-order valence-electron chi connectivity index (χ3n) is 3.85. The van der Waals surface area contributed by atoms with Crippen molar-refractivity contribution < 1.29 is 4.79 Å². The van der Waals surface area contributed by atoms with Gasteiger partial charge in [0.05, 0.1) is 17.7 Å². The monoisotopic (exact) mass is 533 g/mol. The minimum Gasteiger partial charge on any atom is -0.357 e. The maximum Gasteiger partial charge on any atom is 0.263 e. The molecular formula is C19H28IN5OS2. The van der Waals surface area contributed by atoms with Gasteiger partial charge in [-0.05, 0) is 44.2 Å². The first-order valence-corrected chi connectivity index (χ1v) is 11.0. The summed E-state index contributed by atoms with van der Waals surface area (Å²) in [5, 5.41) is 9.40. The highest BCUT2D eigenvalue weighted by atomic mass is 127. The molecule has 0 saturated carbocycles. The molecule has 1 amide bonds. The van der Waals surface area contributed by atoms with Crippen LogP contribution < -0.4 is 16.0 Å². The van der Waals surface area contributed by atoms with Gasteiger partial charge in [0.2, 0.25) is 0 Å². The lowest BCUT2D eigenvalue weighted by molar-refractivity contribution is 0.0957. The Morgan fingerprint density at radius 3 is 2.61 bits per heavy atom. The number of hydrogen-bond acceptors (Lipinski definition) is 5. The number of thiazole rings is 1. The maximum absolute atomic E-state index is 12.1. The van der Waals surface area contributed by atoms with E-state index in [0.29, 0.717) is 24.5 Å². The number of nitrogens with one attached hydrogen (secondary N) is 3. The molecule has 154 valence electrons. The van der Waals surface area contributed by atoms with Gasteiger partial charge < -0.3 is 16.0 Å². The average molecular weight is 534 g/mol. The summed E-state index contributed by atoms with van der Waals surface area (Å²) in [6.45, 7) is 8.47. The van der Waals surface area contributed by atoms with Crippen LogP contribution in [0.2, 0.25) is 0 Å². The summed E-state index contributed by atoms with van der Waals surface area (Å²) in [5.41, 5.74) is 4.91. The Hall–Kier alpha value is -1.33. The lowest BCUT2D eigenvalue weighted by Crippen LogP contribution is -2.41. The first kappa shape index (κ1) is 24.7. The Balaban J connectivity index is 0.00000392. The highest BCUT2D eigenvalue weighted by molar-refractivity contribution is 14.0. The molecule has 2 rings (SSSR count). The summed E-state index contributed by atoms with van der Waals surface area (Å²) < 4.78 is 0. The molecule has 0 spiro atoms. The summed E-state index contributed by atoms with van der Waals surface area (Å²) in [7, 11) is 0. The number of aryl methyl sites for hydroxylation is 2. The SMILES string of the molecule is CCNC(=NCc1ccc(C)cc1SC)NCCNC(=O)c1scnc1C.I. The summed E-state index contributed by atoms with van der Waals surface area (Å²) >= 11 is 3.10. The first-order valence-electron chi connectivity index (χ1n) is 8.89. The molecule has 0 aliphatic carbocycles. The summed E-state index contributed by atoms with van der Waals surface area (Å²) in [6.07, 6.45) is 2.08. The van der Waals surface area contributed by atoms with Crippen LogP contribution in [0.25, 0.3) is 0 Å². The van der Waals surface area contributed by atoms with E-state index in [9.17, 15) is 4.79 Å². The van der Waals surface area contributed by atoms with E-state index in [1.807, 2.05) is 13.8 Å². The fourth-order valence-electron chi connectivity index (χ4n) is 2.45. The van der Waals surface area contributed by atoms with Crippen molar-refractivity contribution in [3.05, 3.63) is 45.4 Å². The zero-order valence-electron chi connectivity index (χ0n) is 16.7. The van der Waals surface area contributed by atoms with Gasteiger partial charge in [0.1, 0.15) is 4.88 Å². The van der Waals surface area contributed by atoms with Crippen molar-refractivity contribution >= 4 is 58.9 Å². The minimum absolute atomic E-state index is 0. The van der Waals surface area contributed by atoms with Gasteiger partial charge in [0, 0.05) is 24.5 Å². The molecular weight excluding hydrogens is 505 g/mol. The van der Waals surface area contributed by atoms with Crippen LogP contribution in [-0.2, 0) is 6.54 Å². The van der Waals surface area contributed by atoms with Crippen molar-refractivity contribution in [2.75, 3.05) is 25.9 Å². The molecule has 0 aliphatic heterocycles. The van der Waals surface area contributed by atoms with Crippen molar-refractivity contribution in [2.45, 2.75) is 32.2 Å². The van der Waals surface area contributed by atoms with Gasteiger partial charge in [-0.15, -0.1) is 47.1 Å². The molecule has 0 unspecified atom stereocenters. The minimum atomic E-state index is -0.0805. The van der Waals surface area contributed by atoms with Crippen LogP contribution in [0.5, 0.6) is 0 Å². The smallest absolute Gasteiger partial charge is 0.263 e. The van der Waals surface area contributed by atoms with E-state index in [1.165, 1.54) is 27.4 Å². The topological polar surface area (TPSA) is 78.4 Å². The molecule has 1 heterocycles. The fraction of sp³-hybridized carbons (Fsp3) is 0.421. The highest BCUT2D eigenvalue weighted by Crippen LogP contribution is 2.22. The van der Waals surface area contributed by atoms with E-state index in [1.54, 1.807) is 17.3 Å². The van der Waals surface area contributed by atoms with Crippen LogP contribution in [0.1, 0.15) is 33.4 Å². The number of amides is 1. The van der Waals surface area contributed by atoms with Crippen LogP contribution in [0, 0.1) is 13.8 Å². The Morgan fingerprint density at radius 1 is 1.21 bits per heavy atom. The van der Waals surface area contributed by atoms with Crippen LogP contribution in [0.3, 0.4) is 0 Å². The van der Waals surface area contributed by atoms with Gasteiger partial charge in [-0.1, -0.05) is 12.1 Å². The normalized spacial score (nSPS) is 10.9. The molecule has 0 bridgehead atoms. The molecule has 6 nitrogen and oxygen atoms in total. The molecule has 1 aromatic heterocycles. The van der Waals surface area contributed by atoms with E-state index >= 15 is 0 Å². The number of aromatic nitrogens is 1. The Labute approximate surface area is 192 Å². The summed E-state index contributed by atoms with van der Waals surface area (Å²) in [5.74, 6) is 0.663. The summed E-state index contributed by atoms with van der Waals surface area (Å²) in [6, 6.07) is 6.43. The van der Waals surface area contributed by atoms with Crippen LogP contribution >= 0.6 is 47.1 Å². The van der Waals surface area contributed by atoms with Crippen LogP contribution in [-0.4, -0.2) is 42.7 Å². The molecule has 9 heteroatoms. The van der Waals surface area contributed by atoms with Gasteiger partial charge in [0.25, 0.3) is 5.91 Å². The maximum atomic E-state index is 12.1. The molecule has 0 atom stereocenters. The standard InChI is InChI=1S/C19H27N5OS2.HI/c1-5-20-19(23-11-15-7-6-13(2)10-16(15)26-4)22-9-8-21-18(25)17-14(3)24-12-27-17;/h6-7,10,12H,5,8-9,11H2,1-4H3,(H,21,25)(H2,20,22,23);1H. The molecule has 0 fully saturated rings. The fourth-order valence-corrected chi connectivity index (χ4v) is 3.86. The van der Waals surface area contributed by atoms with Crippen LogP contribution in [0.15, 0.2) is 33.6 Å². The highest BCUT2D eigenvalue weighted by Gasteiger charge is 2.10. The number of nitrogens with zero attached hydrogens (tertiary/aromatic N) is 2. The van der Waals surface area contributed by atoms with Gasteiger partial charge in [0.15, 0.2) is 5.96 Å². The van der Waals surface area contributed by atoms with Crippen molar-refractivity contribution in [1.29, 1.82) is 0 Å². The van der Waals surface area contributed by atoms with Gasteiger partial charge >= 0.3 is 0 Å². The zero-order chi connectivity index (χ0) is 19.6. The number of guanidine groups is 1. The quantitative estimate of drug-likeness (QED) is 0.159. The zero-order valence-corrected chi connectivity index (χ0v) is 20.6. The van der Waals surface area contributed by atoms with E-state index < -0.39 is 0 Å². The number of carbonyl (C=O) groups excluding carboxylic acids is 1. The third kappa shape index (κ3) is 7.59. The molecule has 28 heavy (non-hydrogen) atoms. The Morgan fingerprint density at radius 2 is 1.96 bits per heavy atom. The number of carbonyl (C=O) groups is 1. The van der Waals surface area contributed by atoms with Crippen molar-refractivity contribution in [3.8, 4) is 0 Å². The molecule has 1 aromatic carbocycles. The second-order valence-corrected chi connectivity index (χ2v) is 7.66. The molecule has 2 aromatic rings. The number of rotatable bonds is 8. The second-order valence-electron chi connectivity index (χ2n) is 5.96. The first-order chi connectivity index (χ1) is 13.0. The molecule has 3 N–H and O–H groups in total. The van der Waals surface area contributed by atoms with Crippen LogP contribution in [0.4, 0.5) is 0 Å². The van der Waals surface area contributed by atoms with E-state index in [4.69, 9.17) is 0 Å². The number of benzene rings is 1. The van der Waals surface area contributed by atoms with E-state index in [2.05, 4.69) is 57.3 Å². The average Bonchev–Trinajstić information content (AvgIpc) is 3.09. The number of hydrogen-bond donors (Lipinski definition) is 3. The molecule has 0 radical (unpaired) electrons. The van der Waals surface area contributed by atoms with Crippen molar-refractivity contribution in [1.82, 2.24) is 20.9 Å². The number of thioether (sulfide) groups is 1. The predicted molar refractivity (Wildman–Crippen MR) is 130 cm³/mol. The van der Waals surface area contributed by atoms with Crippen molar-refractivity contribution in [3.63, 3.8) is 0 Å². The lowest BCUT2D eigenvalue weighted by atomic mass is 10.1. The summed E-state index contributed by atoms with van der Waals surface area (Å²) in [4.78, 5) is 22.8.